The lowest BCUT2D eigenvalue weighted by Crippen LogP contribution is -2.53. The van der Waals surface area contributed by atoms with Crippen molar-refractivity contribution in [2.45, 2.75) is 38.7 Å². The molecule has 2 aromatic carbocycles. The lowest BCUT2D eigenvalue weighted by atomic mass is 10.1. The maximum atomic E-state index is 12.9. The lowest BCUT2D eigenvalue weighted by Gasteiger charge is -2.35. The molecule has 3 rings (SSSR count). The molecule has 7 heteroatoms. The number of rotatable bonds is 5. The number of nitrogens with zero attached hydrogens (tertiary/aromatic N) is 2. The Morgan fingerprint density at radius 1 is 0.931 bits per heavy atom. The highest BCUT2D eigenvalue weighted by Gasteiger charge is 2.32. The number of sulfonamides is 1. The van der Waals surface area contributed by atoms with Gasteiger partial charge in [0.1, 0.15) is 5.75 Å². The van der Waals surface area contributed by atoms with Crippen molar-refractivity contribution in [3.8, 4) is 5.75 Å². The summed E-state index contributed by atoms with van der Waals surface area (Å²) in [6.07, 6.45) is -0.624. The van der Waals surface area contributed by atoms with Crippen LogP contribution in [0.25, 0.3) is 0 Å². The molecule has 6 nitrogen and oxygen atoms in total. The molecule has 0 bridgehead atoms. The molecular weight excluding hydrogens is 388 g/mol. The highest BCUT2D eigenvalue weighted by Crippen LogP contribution is 2.21. The van der Waals surface area contributed by atoms with Crippen LogP contribution in [0.4, 0.5) is 0 Å². The van der Waals surface area contributed by atoms with E-state index < -0.39 is 16.1 Å². The minimum Gasteiger partial charge on any atom is -0.481 e. The Bertz CT molecular complexity index is 978. The van der Waals surface area contributed by atoms with E-state index in [0.717, 1.165) is 16.7 Å². The predicted molar refractivity (Wildman–Crippen MR) is 113 cm³/mol. The summed E-state index contributed by atoms with van der Waals surface area (Å²) in [5, 5.41) is 0. The normalized spacial score (nSPS) is 16.5. The number of ether oxygens (including phenoxy) is 1. The van der Waals surface area contributed by atoms with Crippen LogP contribution in [0.5, 0.6) is 5.75 Å². The fraction of sp³-hybridized carbons (Fsp3) is 0.409. The molecule has 1 unspecified atom stereocenters. The highest BCUT2D eigenvalue weighted by atomic mass is 32.2. The van der Waals surface area contributed by atoms with Crippen LogP contribution in [0.3, 0.4) is 0 Å². The lowest BCUT2D eigenvalue weighted by molar-refractivity contribution is -0.139. The fourth-order valence-electron chi connectivity index (χ4n) is 3.30. The Balaban J connectivity index is 1.61. The van der Waals surface area contributed by atoms with E-state index in [4.69, 9.17) is 4.74 Å². The van der Waals surface area contributed by atoms with E-state index in [0.29, 0.717) is 23.7 Å². The van der Waals surface area contributed by atoms with E-state index in [-0.39, 0.29) is 19.0 Å². The van der Waals surface area contributed by atoms with Crippen LogP contribution >= 0.6 is 0 Å². The zero-order valence-electron chi connectivity index (χ0n) is 17.4. The standard InChI is InChI=1S/C22H28N2O4S/c1-16-5-8-20(9-6-16)28-19(4)22(25)23-11-13-24(14-12-23)29(26,27)21-10-7-17(2)18(3)15-21/h5-10,15,19H,11-14H2,1-4H3. The zero-order chi connectivity index (χ0) is 21.2. The minimum absolute atomic E-state index is 0.131. The summed E-state index contributed by atoms with van der Waals surface area (Å²) in [6.45, 7) is 8.83. The predicted octanol–water partition coefficient (Wildman–Crippen LogP) is 2.91. The molecule has 1 heterocycles. The monoisotopic (exact) mass is 416 g/mol. The number of carbonyl (C=O) groups is 1. The molecule has 1 fully saturated rings. The Morgan fingerprint density at radius 3 is 2.14 bits per heavy atom. The second-order valence-electron chi connectivity index (χ2n) is 7.55. The first kappa shape index (κ1) is 21.3. The number of hydrogen-bond acceptors (Lipinski definition) is 4. The molecule has 0 N–H and O–H groups in total. The minimum atomic E-state index is -3.56. The van der Waals surface area contributed by atoms with Gasteiger partial charge < -0.3 is 9.64 Å². The van der Waals surface area contributed by atoms with Gasteiger partial charge in [0.2, 0.25) is 10.0 Å². The van der Waals surface area contributed by atoms with E-state index in [1.807, 2.05) is 51.1 Å². The first-order valence-electron chi connectivity index (χ1n) is 9.78. The maximum absolute atomic E-state index is 12.9. The van der Waals surface area contributed by atoms with Crippen LogP contribution in [0, 0.1) is 20.8 Å². The number of benzene rings is 2. The van der Waals surface area contributed by atoms with Crippen molar-refractivity contribution >= 4 is 15.9 Å². The molecule has 0 aromatic heterocycles. The topological polar surface area (TPSA) is 66.9 Å². The van der Waals surface area contributed by atoms with Gasteiger partial charge in [-0.25, -0.2) is 8.42 Å². The van der Waals surface area contributed by atoms with E-state index in [1.165, 1.54) is 4.31 Å². The van der Waals surface area contributed by atoms with Crippen molar-refractivity contribution in [2.24, 2.45) is 0 Å². The van der Waals surface area contributed by atoms with E-state index in [9.17, 15) is 13.2 Å². The molecule has 2 aromatic rings. The highest BCUT2D eigenvalue weighted by molar-refractivity contribution is 7.89. The van der Waals surface area contributed by atoms with Gasteiger partial charge in [-0.2, -0.15) is 4.31 Å². The summed E-state index contributed by atoms with van der Waals surface area (Å²) >= 11 is 0. The molecule has 1 aliphatic rings. The number of hydrogen-bond donors (Lipinski definition) is 0. The van der Waals surface area contributed by atoms with Crippen molar-refractivity contribution in [2.75, 3.05) is 26.2 Å². The maximum Gasteiger partial charge on any atom is 0.263 e. The third-order valence-electron chi connectivity index (χ3n) is 5.35. The smallest absolute Gasteiger partial charge is 0.263 e. The van der Waals surface area contributed by atoms with E-state index in [1.54, 1.807) is 24.0 Å². The Labute approximate surface area is 173 Å². The van der Waals surface area contributed by atoms with Crippen LogP contribution in [0.1, 0.15) is 23.6 Å². The molecule has 1 atom stereocenters. The van der Waals surface area contributed by atoms with Gasteiger partial charge in [-0.05, 0) is 63.1 Å². The summed E-state index contributed by atoms with van der Waals surface area (Å²) in [6, 6.07) is 12.7. The van der Waals surface area contributed by atoms with Gasteiger partial charge in [-0.3, -0.25) is 4.79 Å². The van der Waals surface area contributed by atoms with Gasteiger partial charge in [-0.1, -0.05) is 23.8 Å². The van der Waals surface area contributed by atoms with Crippen LogP contribution in [0.2, 0.25) is 0 Å². The van der Waals surface area contributed by atoms with Crippen LogP contribution in [-0.2, 0) is 14.8 Å². The van der Waals surface area contributed by atoms with Gasteiger partial charge >= 0.3 is 0 Å². The number of piperazine rings is 1. The van der Waals surface area contributed by atoms with E-state index in [2.05, 4.69) is 0 Å². The average molecular weight is 417 g/mol. The summed E-state index contributed by atoms with van der Waals surface area (Å²) < 4.78 is 33.1. The molecule has 156 valence electrons. The number of carbonyl (C=O) groups excluding carboxylic acids is 1. The van der Waals surface area contributed by atoms with Crippen molar-refractivity contribution in [1.29, 1.82) is 0 Å². The molecule has 0 radical (unpaired) electrons. The largest absolute Gasteiger partial charge is 0.481 e. The molecular formula is C22H28N2O4S. The second-order valence-corrected chi connectivity index (χ2v) is 9.49. The summed E-state index contributed by atoms with van der Waals surface area (Å²) in [4.78, 5) is 14.7. The first-order valence-corrected chi connectivity index (χ1v) is 11.2. The number of aryl methyl sites for hydroxylation is 3. The first-order chi connectivity index (χ1) is 13.7. The Morgan fingerprint density at radius 2 is 1.55 bits per heavy atom. The molecule has 1 amide bonds. The van der Waals surface area contributed by atoms with Gasteiger partial charge in [-0.15, -0.1) is 0 Å². The van der Waals surface area contributed by atoms with Crippen molar-refractivity contribution in [3.05, 3.63) is 59.2 Å². The SMILES string of the molecule is Cc1ccc(OC(C)C(=O)N2CCN(S(=O)(=O)c3ccc(C)c(C)c3)CC2)cc1. The van der Waals surface area contributed by atoms with Crippen LogP contribution in [0.15, 0.2) is 47.4 Å². The van der Waals surface area contributed by atoms with Crippen molar-refractivity contribution in [3.63, 3.8) is 0 Å². The summed E-state index contributed by atoms with van der Waals surface area (Å²) in [5.74, 6) is 0.515. The average Bonchev–Trinajstić information content (AvgIpc) is 2.71. The van der Waals surface area contributed by atoms with Crippen molar-refractivity contribution < 1.29 is 17.9 Å². The third kappa shape index (κ3) is 4.79. The fourth-order valence-corrected chi connectivity index (χ4v) is 4.81. The van der Waals surface area contributed by atoms with Gasteiger partial charge in [0.05, 0.1) is 4.90 Å². The Kier molecular flexibility index (Phi) is 6.29. The number of amides is 1. The van der Waals surface area contributed by atoms with E-state index >= 15 is 0 Å². The molecule has 1 aliphatic heterocycles. The summed E-state index contributed by atoms with van der Waals surface area (Å²) in [5.41, 5.74) is 3.13. The second kappa shape index (κ2) is 8.55. The summed E-state index contributed by atoms with van der Waals surface area (Å²) in [7, 11) is -3.56. The third-order valence-corrected chi connectivity index (χ3v) is 7.24. The van der Waals surface area contributed by atoms with Crippen LogP contribution in [-0.4, -0.2) is 55.8 Å². The van der Waals surface area contributed by atoms with Crippen molar-refractivity contribution in [1.82, 2.24) is 9.21 Å². The molecule has 0 aliphatic carbocycles. The molecule has 29 heavy (non-hydrogen) atoms. The molecule has 1 saturated heterocycles. The van der Waals surface area contributed by atoms with Gasteiger partial charge in [0, 0.05) is 26.2 Å². The molecule has 0 saturated carbocycles. The van der Waals surface area contributed by atoms with Crippen LogP contribution < -0.4 is 4.74 Å². The zero-order valence-corrected chi connectivity index (χ0v) is 18.2. The van der Waals surface area contributed by atoms with Gasteiger partial charge in [0.15, 0.2) is 6.10 Å². The quantitative estimate of drug-likeness (QED) is 0.752. The molecule has 0 spiro atoms. The van der Waals surface area contributed by atoms with Gasteiger partial charge in [0.25, 0.3) is 5.91 Å². The Hall–Kier alpha value is -2.38.